The van der Waals surface area contributed by atoms with Crippen LogP contribution in [0.3, 0.4) is 0 Å². The topological polar surface area (TPSA) is 38.1 Å². The van der Waals surface area contributed by atoms with E-state index in [4.69, 9.17) is 4.42 Å². The molecule has 2 heterocycles. The zero-order chi connectivity index (χ0) is 13.1. The predicted octanol–water partition coefficient (Wildman–Crippen LogP) is 3.68. The van der Waals surface area contributed by atoms with Crippen LogP contribution in [0.15, 0.2) is 59.3 Å². The van der Waals surface area contributed by atoms with Crippen molar-refractivity contribution in [3.8, 4) is 0 Å². The third-order valence-electron chi connectivity index (χ3n) is 3.29. The van der Waals surface area contributed by atoms with Gasteiger partial charge < -0.3 is 9.73 Å². The first-order valence-corrected chi connectivity index (χ1v) is 6.44. The minimum Gasteiger partial charge on any atom is -0.464 e. The molecule has 1 aromatic carbocycles. The zero-order valence-corrected chi connectivity index (χ0v) is 10.8. The molecule has 0 saturated heterocycles. The van der Waals surface area contributed by atoms with Gasteiger partial charge in [-0.1, -0.05) is 24.3 Å². The molecule has 96 valence electrons. The van der Waals surface area contributed by atoms with Crippen LogP contribution in [0.4, 0.5) is 0 Å². The summed E-state index contributed by atoms with van der Waals surface area (Å²) >= 11 is 0. The lowest BCUT2D eigenvalue weighted by molar-refractivity contribution is 0.552. The van der Waals surface area contributed by atoms with Crippen molar-refractivity contribution in [3.63, 3.8) is 0 Å². The normalized spacial score (nSPS) is 12.7. The number of hydrogen-bond donors (Lipinski definition) is 1. The van der Waals surface area contributed by atoms with Gasteiger partial charge in [0, 0.05) is 29.7 Å². The molecule has 3 heteroatoms. The second-order valence-electron chi connectivity index (χ2n) is 4.61. The molecule has 0 aliphatic heterocycles. The summed E-state index contributed by atoms with van der Waals surface area (Å²) in [5, 5.41) is 4.64. The van der Waals surface area contributed by atoms with Gasteiger partial charge in [-0.2, -0.15) is 0 Å². The van der Waals surface area contributed by atoms with Crippen LogP contribution in [0.25, 0.3) is 11.0 Å². The third kappa shape index (κ3) is 2.51. The number of para-hydroxylation sites is 1. The van der Waals surface area contributed by atoms with Crippen LogP contribution in [-0.4, -0.2) is 4.98 Å². The van der Waals surface area contributed by atoms with E-state index in [-0.39, 0.29) is 6.04 Å². The Labute approximate surface area is 112 Å². The zero-order valence-electron chi connectivity index (χ0n) is 10.8. The Hall–Kier alpha value is -2.13. The number of nitrogens with zero attached hydrogens (tertiary/aromatic N) is 1. The fraction of sp³-hybridized carbons (Fsp3) is 0.188. The lowest BCUT2D eigenvalue weighted by atomic mass is 10.1. The minimum absolute atomic E-state index is 0.217. The lowest BCUT2D eigenvalue weighted by Gasteiger charge is -2.12. The number of furan rings is 1. The van der Waals surface area contributed by atoms with Crippen molar-refractivity contribution in [2.75, 3.05) is 0 Å². The second-order valence-corrected chi connectivity index (χ2v) is 4.61. The molecule has 0 spiro atoms. The first-order valence-electron chi connectivity index (χ1n) is 6.44. The first kappa shape index (κ1) is 11.9. The number of nitrogens with one attached hydrogen (secondary N) is 1. The molecule has 3 nitrogen and oxygen atoms in total. The summed E-state index contributed by atoms with van der Waals surface area (Å²) in [6, 6.07) is 14.3. The van der Waals surface area contributed by atoms with Crippen LogP contribution in [0, 0.1) is 0 Å². The number of fused-ring (bicyclic) bond motifs is 1. The molecule has 19 heavy (non-hydrogen) atoms. The molecule has 0 bridgehead atoms. The van der Waals surface area contributed by atoms with E-state index in [1.54, 1.807) is 0 Å². The van der Waals surface area contributed by atoms with Gasteiger partial charge in [0.2, 0.25) is 0 Å². The van der Waals surface area contributed by atoms with Gasteiger partial charge in [-0.3, -0.25) is 4.98 Å². The van der Waals surface area contributed by atoms with E-state index >= 15 is 0 Å². The standard InChI is InChI=1S/C16H16N2O/c1-12(15-7-4-5-9-17-15)18-10-13-11-19-16-8-3-2-6-14(13)16/h2-9,11-12,18H,10H2,1H3. The highest BCUT2D eigenvalue weighted by Gasteiger charge is 2.08. The molecule has 0 aliphatic carbocycles. The van der Waals surface area contributed by atoms with E-state index in [9.17, 15) is 0 Å². The molecule has 1 unspecified atom stereocenters. The van der Waals surface area contributed by atoms with Gasteiger partial charge in [0.25, 0.3) is 0 Å². The molecule has 1 N–H and O–H groups in total. The number of aromatic nitrogens is 1. The first-order chi connectivity index (χ1) is 9.34. The van der Waals surface area contributed by atoms with Gasteiger partial charge in [-0.25, -0.2) is 0 Å². The largest absolute Gasteiger partial charge is 0.464 e. The van der Waals surface area contributed by atoms with Crippen molar-refractivity contribution < 1.29 is 4.42 Å². The summed E-state index contributed by atoms with van der Waals surface area (Å²) < 4.78 is 5.53. The van der Waals surface area contributed by atoms with Crippen LogP contribution in [0.5, 0.6) is 0 Å². The molecule has 0 amide bonds. The van der Waals surface area contributed by atoms with Gasteiger partial charge in [-0.05, 0) is 25.1 Å². The number of benzene rings is 1. The maximum Gasteiger partial charge on any atom is 0.134 e. The van der Waals surface area contributed by atoms with Crippen molar-refractivity contribution in [3.05, 3.63) is 66.2 Å². The molecule has 1 atom stereocenters. The van der Waals surface area contributed by atoms with Gasteiger partial charge in [0.1, 0.15) is 5.58 Å². The summed E-state index contributed by atoms with van der Waals surface area (Å²) in [6.07, 6.45) is 3.64. The van der Waals surface area contributed by atoms with E-state index in [0.717, 1.165) is 17.8 Å². The van der Waals surface area contributed by atoms with E-state index in [1.807, 2.05) is 48.9 Å². The highest BCUT2D eigenvalue weighted by molar-refractivity contribution is 5.80. The van der Waals surface area contributed by atoms with Crippen LogP contribution >= 0.6 is 0 Å². The lowest BCUT2D eigenvalue weighted by Crippen LogP contribution is -2.18. The Balaban J connectivity index is 1.73. The fourth-order valence-corrected chi connectivity index (χ4v) is 2.17. The number of pyridine rings is 1. The molecule has 0 radical (unpaired) electrons. The van der Waals surface area contributed by atoms with Crippen molar-refractivity contribution in [2.45, 2.75) is 19.5 Å². The molecule has 0 saturated carbocycles. The fourth-order valence-electron chi connectivity index (χ4n) is 2.17. The van der Waals surface area contributed by atoms with Gasteiger partial charge in [0.05, 0.1) is 12.0 Å². The highest BCUT2D eigenvalue weighted by atomic mass is 16.3. The van der Waals surface area contributed by atoms with E-state index in [1.165, 1.54) is 10.9 Å². The average molecular weight is 252 g/mol. The van der Waals surface area contributed by atoms with E-state index in [0.29, 0.717) is 0 Å². The Morgan fingerprint density at radius 3 is 2.84 bits per heavy atom. The van der Waals surface area contributed by atoms with E-state index in [2.05, 4.69) is 23.3 Å². The predicted molar refractivity (Wildman–Crippen MR) is 75.7 cm³/mol. The van der Waals surface area contributed by atoms with Crippen molar-refractivity contribution in [1.29, 1.82) is 0 Å². The molecular formula is C16H16N2O. The minimum atomic E-state index is 0.217. The Morgan fingerprint density at radius 2 is 2.00 bits per heavy atom. The molecular weight excluding hydrogens is 236 g/mol. The third-order valence-corrected chi connectivity index (χ3v) is 3.29. The van der Waals surface area contributed by atoms with Crippen LogP contribution in [0.2, 0.25) is 0 Å². The summed E-state index contributed by atoms with van der Waals surface area (Å²) in [6.45, 7) is 2.89. The Bertz CT molecular complexity index is 661. The van der Waals surface area contributed by atoms with Crippen molar-refractivity contribution in [1.82, 2.24) is 10.3 Å². The number of hydrogen-bond acceptors (Lipinski definition) is 3. The summed E-state index contributed by atoms with van der Waals surface area (Å²) in [5.74, 6) is 0. The van der Waals surface area contributed by atoms with Crippen LogP contribution in [-0.2, 0) is 6.54 Å². The number of rotatable bonds is 4. The van der Waals surface area contributed by atoms with E-state index < -0.39 is 0 Å². The second kappa shape index (κ2) is 5.24. The smallest absolute Gasteiger partial charge is 0.134 e. The monoisotopic (exact) mass is 252 g/mol. The Morgan fingerprint density at radius 1 is 1.16 bits per heavy atom. The summed E-state index contributed by atoms with van der Waals surface area (Å²) in [7, 11) is 0. The molecule has 0 fully saturated rings. The molecule has 2 aromatic heterocycles. The average Bonchev–Trinajstić information content (AvgIpc) is 2.89. The van der Waals surface area contributed by atoms with Gasteiger partial charge in [-0.15, -0.1) is 0 Å². The van der Waals surface area contributed by atoms with Crippen LogP contribution < -0.4 is 5.32 Å². The van der Waals surface area contributed by atoms with Gasteiger partial charge >= 0.3 is 0 Å². The van der Waals surface area contributed by atoms with Crippen LogP contribution in [0.1, 0.15) is 24.2 Å². The Kier molecular flexibility index (Phi) is 3.29. The highest BCUT2D eigenvalue weighted by Crippen LogP contribution is 2.21. The maximum atomic E-state index is 5.53. The van der Waals surface area contributed by atoms with Gasteiger partial charge in [0.15, 0.2) is 0 Å². The quantitative estimate of drug-likeness (QED) is 0.769. The van der Waals surface area contributed by atoms with Crippen molar-refractivity contribution in [2.24, 2.45) is 0 Å². The summed E-state index contributed by atoms with van der Waals surface area (Å²) in [5.41, 5.74) is 3.17. The molecule has 0 aliphatic rings. The molecule has 3 rings (SSSR count). The maximum absolute atomic E-state index is 5.53. The molecule has 3 aromatic rings. The summed E-state index contributed by atoms with van der Waals surface area (Å²) in [4.78, 5) is 4.35. The van der Waals surface area contributed by atoms with Crippen molar-refractivity contribution >= 4 is 11.0 Å². The SMILES string of the molecule is CC(NCc1coc2ccccc12)c1ccccn1.